The van der Waals surface area contributed by atoms with Gasteiger partial charge in [-0.05, 0) is 24.1 Å². The summed E-state index contributed by atoms with van der Waals surface area (Å²) in [6, 6.07) is 4.00. The fourth-order valence-corrected chi connectivity index (χ4v) is 3.97. The molecule has 0 saturated carbocycles. The van der Waals surface area contributed by atoms with Crippen LogP contribution >= 0.6 is 12.6 Å². The number of halogens is 1. The summed E-state index contributed by atoms with van der Waals surface area (Å²) in [4.78, 5) is 10.5. The first-order valence-corrected chi connectivity index (χ1v) is 11.2. The van der Waals surface area contributed by atoms with Crippen LogP contribution in [-0.4, -0.2) is 38.4 Å². The Morgan fingerprint density at radius 3 is 2.56 bits per heavy atom. The number of carboxylic acid groups (broad SMARTS) is 1. The van der Waals surface area contributed by atoms with Crippen LogP contribution in [0.4, 0.5) is 4.39 Å². The van der Waals surface area contributed by atoms with Crippen molar-refractivity contribution in [3.05, 3.63) is 29.6 Å². The average molecular weight is 422 g/mol. The van der Waals surface area contributed by atoms with Crippen LogP contribution in [0, 0.1) is 5.82 Å². The molecule has 0 saturated heterocycles. The number of thiol groups is 1. The van der Waals surface area contributed by atoms with Gasteiger partial charge in [-0.2, -0.15) is 12.6 Å². The summed E-state index contributed by atoms with van der Waals surface area (Å²) in [7, 11) is -3.40. The van der Waals surface area contributed by atoms with E-state index in [2.05, 4.69) is 24.3 Å². The molecule has 1 rings (SSSR count). The van der Waals surface area contributed by atoms with Crippen molar-refractivity contribution < 1.29 is 27.4 Å². The predicted molar refractivity (Wildman–Crippen MR) is 106 cm³/mol. The molecule has 1 aromatic rings. The van der Waals surface area contributed by atoms with E-state index in [-0.39, 0.29) is 18.0 Å². The van der Waals surface area contributed by atoms with E-state index in [0.717, 1.165) is 31.7 Å². The topological polar surface area (TPSA) is 92.7 Å². The molecule has 6 nitrogen and oxygen atoms in total. The second kappa shape index (κ2) is 12.2. The third kappa shape index (κ3) is 9.97. The van der Waals surface area contributed by atoms with E-state index in [1.807, 2.05) is 0 Å². The lowest BCUT2D eigenvalue weighted by Crippen LogP contribution is -2.29. The zero-order valence-electron chi connectivity index (χ0n) is 15.5. The Bertz CT molecular complexity index is 697. The minimum absolute atomic E-state index is 0.0377. The lowest BCUT2D eigenvalue weighted by Gasteiger charge is -2.14. The third-order valence-corrected chi connectivity index (χ3v) is 5.87. The number of hydrogen-bond acceptors (Lipinski definition) is 5. The van der Waals surface area contributed by atoms with Gasteiger partial charge in [0.1, 0.15) is 0 Å². The van der Waals surface area contributed by atoms with Gasteiger partial charge in [-0.15, -0.1) is 0 Å². The molecule has 1 aromatic carbocycles. The van der Waals surface area contributed by atoms with Gasteiger partial charge in [0.25, 0.3) is 0 Å². The highest BCUT2D eigenvalue weighted by molar-refractivity contribution is 7.89. The van der Waals surface area contributed by atoms with E-state index < -0.39 is 33.7 Å². The van der Waals surface area contributed by atoms with Crippen molar-refractivity contribution in [2.75, 3.05) is 18.9 Å². The number of nitrogens with one attached hydrogen (secondary N) is 1. The number of hydrogen-bond donors (Lipinski definition) is 3. The standard InChI is InChI=1S/C18H28FNO5S2/c1-2-3-4-5-6-7-10-27(23,24)20-12-17(26)14-8-9-16(15(19)11-14)25-13-18(21)22/h8-9,11,17,20,26H,2-7,10,12-13H2,1H3,(H,21,22). The van der Waals surface area contributed by atoms with E-state index in [4.69, 9.17) is 9.84 Å². The molecule has 2 N–H and O–H groups in total. The number of unbranched alkanes of at least 4 members (excludes halogenated alkanes) is 5. The van der Waals surface area contributed by atoms with Crippen LogP contribution < -0.4 is 9.46 Å². The molecule has 1 atom stereocenters. The van der Waals surface area contributed by atoms with E-state index >= 15 is 0 Å². The van der Waals surface area contributed by atoms with Crippen molar-refractivity contribution in [2.24, 2.45) is 0 Å². The van der Waals surface area contributed by atoms with E-state index in [9.17, 15) is 17.6 Å². The maximum absolute atomic E-state index is 13.9. The Morgan fingerprint density at radius 2 is 1.93 bits per heavy atom. The predicted octanol–water partition coefficient (Wildman–Crippen LogP) is 3.54. The lowest BCUT2D eigenvalue weighted by atomic mass is 10.1. The molecule has 0 fully saturated rings. The van der Waals surface area contributed by atoms with Crippen LogP contribution in [0.5, 0.6) is 5.75 Å². The molecule has 0 aliphatic heterocycles. The fourth-order valence-electron chi connectivity index (χ4n) is 2.45. The summed E-state index contributed by atoms with van der Waals surface area (Å²) < 4.78 is 45.3. The van der Waals surface area contributed by atoms with Crippen molar-refractivity contribution in [3.8, 4) is 5.75 Å². The average Bonchev–Trinajstić information content (AvgIpc) is 2.61. The van der Waals surface area contributed by atoms with E-state index in [1.54, 1.807) is 0 Å². The normalized spacial score (nSPS) is 12.7. The van der Waals surface area contributed by atoms with E-state index in [0.29, 0.717) is 12.0 Å². The molecule has 0 radical (unpaired) electrons. The molecule has 1 unspecified atom stereocenters. The summed E-state index contributed by atoms with van der Waals surface area (Å²) in [5.41, 5.74) is 0.473. The van der Waals surface area contributed by atoms with Crippen molar-refractivity contribution in [2.45, 2.75) is 50.7 Å². The molecule has 0 aromatic heterocycles. The minimum Gasteiger partial charge on any atom is -0.479 e. The smallest absolute Gasteiger partial charge is 0.341 e. The molecule has 0 bridgehead atoms. The largest absolute Gasteiger partial charge is 0.479 e. The van der Waals surface area contributed by atoms with Crippen LogP contribution in [0.25, 0.3) is 0 Å². The number of aliphatic carboxylic acids is 1. The van der Waals surface area contributed by atoms with Crippen LogP contribution in [0.3, 0.4) is 0 Å². The summed E-state index contributed by atoms with van der Waals surface area (Å²) in [5.74, 6) is -2.03. The third-order valence-electron chi connectivity index (χ3n) is 3.96. The van der Waals surface area contributed by atoms with Crippen molar-refractivity contribution in [1.29, 1.82) is 0 Å². The highest BCUT2D eigenvalue weighted by Gasteiger charge is 2.15. The fraction of sp³-hybridized carbons (Fsp3) is 0.611. The van der Waals surface area contributed by atoms with Crippen LogP contribution in [-0.2, 0) is 14.8 Å². The van der Waals surface area contributed by atoms with Gasteiger partial charge in [-0.25, -0.2) is 22.3 Å². The Kier molecular flexibility index (Phi) is 10.7. The van der Waals surface area contributed by atoms with Gasteiger partial charge in [0.2, 0.25) is 10.0 Å². The van der Waals surface area contributed by atoms with Gasteiger partial charge in [0.05, 0.1) is 5.75 Å². The second-order valence-electron chi connectivity index (χ2n) is 6.32. The molecule has 0 amide bonds. The Hall–Kier alpha value is -1.32. The lowest BCUT2D eigenvalue weighted by molar-refractivity contribution is -0.139. The summed E-state index contributed by atoms with van der Waals surface area (Å²) in [6.45, 7) is 1.53. The Balaban J connectivity index is 2.45. The molecule has 9 heteroatoms. The molecule has 27 heavy (non-hydrogen) atoms. The maximum atomic E-state index is 13.9. The van der Waals surface area contributed by atoms with E-state index in [1.165, 1.54) is 18.6 Å². The van der Waals surface area contributed by atoms with Crippen molar-refractivity contribution in [1.82, 2.24) is 4.72 Å². The number of ether oxygens (including phenoxy) is 1. The molecular formula is C18H28FNO5S2. The zero-order chi connectivity index (χ0) is 20.3. The van der Waals surface area contributed by atoms with Crippen LogP contribution in [0.2, 0.25) is 0 Å². The maximum Gasteiger partial charge on any atom is 0.341 e. The SMILES string of the molecule is CCCCCCCCS(=O)(=O)NCC(S)c1ccc(OCC(=O)O)c(F)c1. The highest BCUT2D eigenvalue weighted by atomic mass is 32.2. The van der Waals surface area contributed by atoms with Crippen molar-refractivity contribution >= 4 is 28.6 Å². The Morgan fingerprint density at radius 1 is 1.26 bits per heavy atom. The number of carbonyl (C=O) groups is 1. The molecule has 0 spiro atoms. The zero-order valence-corrected chi connectivity index (χ0v) is 17.2. The van der Waals surface area contributed by atoms with Gasteiger partial charge in [-0.3, -0.25) is 0 Å². The molecule has 0 aliphatic carbocycles. The first-order chi connectivity index (χ1) is 12.7. The molecule has 0 aliphatic rings. The number of rotatable bonds is 14. The van der Waals surface area contributed by atoms with Gasteiger partial charge < -0.3 is 9.84 Å². The Labute approximate surface area is 166 Å². The number of sulfonamides is 1. The van der Waals surface area contributed by atoms with Gasteiger partial charge >= 0.3 is 5.97 Å². The molecule has 0 heterocycles. The number of carboxylic acids is 1. The summed E-state index contributed by atoms with van der Waals surface area (Å²) in [5, 5.41) is 8.01. The second-order valence-corrected chi connectivity index (χ2v) is 8.87. The first kappa shape index (κ1) is 23.7. The highest BCUT2D eigenvalue weighted by Crippen LogP contribution is 2.25. The van der Waals surface area contributed by atoms with Gasteiger partial charge in [0, 0.05) is 11.8 Å². The molecular weight excluding hydrogens is 393 g/mol. The van der Waals surface area contributed by atoms with Crippen molar-refractivity contribution in [3.63, 3.8) is 0 Å². The van der Waals surface area contributed by atoms with Gasteiger partial charge in [-0.1, -0.05) is 45.1 Å². The number of benzene rings is 1. The monoisotopic (exact) mass is 421 g/mol. The van der Waals surface area contributed by atoms with Gasteiger partial charge in [0.15, 0.2) is 18.2 Å². The van der Waals surface area contributed by atoms with Crippen LogP contribution in [0.1, 0.15) is 56.3 Å². The summed E-state index contributed by atoms with van der Waals surface area (Å²) >= 11 is 4.32. The summed E-state index contributed by atoms with van der Waals surface area (Å²) in [6.07, 6.45) is 5.97. The minimum atomic E-state index is -3.40. The quantitative estimate of drug-likeness (QED) is 0.316. The van der Waals surface area contributed by atoms with Crippen LogP contribution in [0.15, 0.2) is 18.2 Å². The molecule has 154 valence electrons. The first-order valence-electron chi connectivity index (χ1n) is 9.04.